The monoisotopic (exact) mass is 305 g/mol. The molecule has 2 N–H and O–H groups in total. The first-order valence-electron chi connectivity index (χ1n) is 5.90. The summed E-state index contributed by atoms with van der Waals surface area (Å²) in [4.78, 5) is 6.61. The van der Waals surface area contributed by atoms with Crippen molar-refractivity contribution in [3.8, 4) is 0 Å². The van der Waals surface area contributed by atoms with Crippen LogP contribution in [0.5, 0.6) is 0 Å². The second kappa shape index (κ2) is 5.87. The quantitative estimate of drug-likeness (QED) is 0.880. The molecule has 0 radical (unpaired) electrons. The lowest BCUT2D eigenvalue weighted by Crippen LogP contribution is -2.23. The minimum Gasteiger partial charge on any atom is -0.397 e. The van der Waals surface area contributed by atoms with Crippen molar-refractivity contribution >= 4 is 27.3 Å². The molecular formula is C14H16BrN3. The van der Waals surface area contributed by atoms with Gasteiger partial charge >= 0.3 is 0 Å². The molecule has 94 valence electrons. The van der Waals surface area contributed by atoms with E-state index in [0.29, 0.717) is 0 Å². The summed E-state index contributed by atoms with van der Waals surface area (Å²) in [6, 6.07) is 11.9. The van der Waals surface area contributed by atoms with E-state index in [0.717, 1.165) is 34.6 Å². The highest BCUT2D eigenvalue weighted by molar-refractivity contribution is 9.10. The van der Waals surface area contributed by atoms with Crippen molar-refractivity contribution in [3.63, 3.8) is 0 Å². The van der Waals surface area contributed by atoms with E-state index in [1.165, 1.54) is 0 Å². The van der Waals surface area contributed by atoms with Crippen molar-refractivity contribution in [2.24, 2.45) is 0 Å². The Morgan fingerprint density at radius 2 is 2.00 bits per heavy atom. The summed E-state index contributed by atoms with van der Waals surface area (Å²) in [6.45, 7) is 3.77. The largest absolute Gasteiger partial charge is 0.397 e. The number of para-hydroxylation sites is 2. The van der Waals surface area contributed by atoms with E-state index in [9.17, 15) is 0 Å². The van der Waals surface area contributed by atoms with Gasteiger partial charge in [0, 0.05) is 17.2 Å². The summed E-state index contributed by atoms with van der Waals surface area (Å²) in [5, 5.41) is 0. The summed E-state index contributed by atoms with van der Waals surface area (Å²) in [5.74, 6) is 0. The maximum Gasteiger partial charge on any atom is 0.0603 e. The molecule has 0 spiro atoms. The number of benzene rings is 1. The standard InChI is InChI=1S/C14H16BrN3/c1-2-18(14-6-4-3-5-13(14)16)10-12-8-7-11(15)9-17-12/h3-9H,2,10,16H2,1H3. The van der Waals surface area contributed by atoms with Gasteiger partial charge < -0.3 is 10.6 Å². The van der Waals surface area contributed by atoms with Crippen LogP contribution < -0.4 is 10.6 Å². The van der Waals surface area contributed by atoms with Crippen molar-refractivity contribution in [3.05, 3.63) is 52.8 Å². The van der Waals surface area contributed by atoms with Gasteiger partial charge in [-0.2, -0.15) is 0 Å². The number of pyridine rings is 1. The summed E-state index contributed by atoms with van der Waals surface area (Å²) in [5.41, 5.74) is 8.90. The van der Waals surface area contributed by atoms with E-state index in [1.54, 1.807) is 0 Å². The molecule has 0 aliphatic carbocycles. The Kier molecular flexibility index (Phi) is 4.20. The Hall–Kier alpha value is -1.55. The van der Waals surface area contributed by atoms with Crippen LogP contribution in [0, 0.1) is 0 Å². The fourth-order valence-corrected chi connectivity index (χ4v) is 2.07. The molecule has 0 aliphatic heterocycles. The molecular weight excluding hydrogens is 290 g/mol. The SMILES string of the molecule is CCN(Cc1ccc(Br)cn1)c1ccccc1N. The molecule has 0 aliphatic rings. The number of rotatable bonds is 4. The smallest absolute Gasteiger partial charge is 0.0603 e. The molecule has 1 aromatic heterocycles. The van der Waals surface area contributed by atoms with Crippen LogP contribution in [-0.4, -0.2) is 11.5 Å². The molecule has 2 aromatic rings. The Morgan fingerprint density at radius 3 is 2.61 bits per heavy atom. The van der Waals surface area contributed by atoms with E-state index in [2.05, 4.69) is 32.7 Å². The molecule has 2 rings (SSSR count). The lowest BCUT2D eigenvalue weighted by Gasteiger charge is -2.24. The van der Waals surface area contributed by atoms with Gasteiger partial charge in [0.25, 0.3) is 0 Å². The molecule has 18 heavy (non-hydrogen) atoms. The van der Waals surface area contributed by atoms with Crippen molar-refractivity contribution < 1.29 is 0 Å². The van der Waals surface area contributed by atoms with Crippen molar-refractivity contribution in [2.75, 3.05) is 17.2 Å². The Balaban J connectivity index is 2.20. The van der Waals surface area contributed by atoms with Gasteiger partial charge in [0.15, 0.2) is 0 Å². The second-order valence-electron chi connectivity index (χ2n) is 4.04. The summed E-state index contributed by atoms with van der Waals surface area (Å²) in [6.07, 6.45) is 1.82. The van der Waals surface area contributed by atoms with Crippen molar-refractivity contribution in [1.82, 2.24) is 4.98 Å². The van der Waals surface area contributed by atoms with E-state index < -0.39 is 0 Å². The van der Waals surface area contributed by atoms with E-state index in [-0.39, 0.29) is 0 Å². The Bertz CT molecular complexity index is 511. The van der Waals surface area contributed by atoms with Gasteiger partial charge in [-0.25, -0.2) is 0 Å². The van der Waals surface area contributed by atoms with Crippen molar-refractivity contribution in [1.29, 1.82) is 0 Å². The maximum atomic E-state index is 6.01. The van der Waals surface area contributed by atoms with Gasteiger partial charge in [0.2, 0.25) is 0 Å². The fraction of sp³-hybridized carbons (Fsp3) is 0.214. The third-order valence-electron chi connectivity index (χ3n) is 2.80. The zero-order chi connectivity index (χ0) is 13.0. The summed E-state index contributed by atoms with van der Waals surface area (Å²) >= 11 is 3.39. The molecule has 0 saturated carbocycles. The van der Waals surface area contributed by atoms with Crippen molar-refractivity contribution in [2.45, 2.75) is 13.5 Å². The second-order valence-corrected chi connectivity index (χ2v) is 4.96. The lowest BCUT2D eigenvalue weighted by molar-refractivity contribution is 0.810. The van der Waals surface area contributed by atoms with Gasteiger partial charge in [0.05, 0.1) is 23.6 Å². The van der Waals surface area contributed by atoms with Crippen LogP contribution in [0.25, 0.3) is 0 Å². The highest BCUT2D eigenvalue weighted by Crippen LogP contribution is 2.23. The van der Waals surface area contributed by atoms with Crippen LogP contribution in [-0.2, 0) is 6.54 Å². The molecule has 0 bridgehead atoms. The first-order valence-corrected chi connectivity index (χ1v) is 6.70. The van der Waals surface area contributed by atoms with Crippen LogP contribution in [0.15, 0.2) is 47.1 Å². The summed E-state index contributed by atoms with van der Waals surface area (Å²) < 4.78 is 0.994. The van der Waals surface area contributed by atoms with Crippen LogP contribution in [0.3, 0.4) is 0 Å². The molecule has 0 atom stereocenters. The van der Waals surface area contributed by atoms with Crippen LogP contribution in [0.4, 0.5) is 11.4 Å². The zero-order valence-electron chi connectivity index (χ0n) is 10.3. The van der Waals surface area contributed by atoms with E-state index >= 15 is 0 Å². The summed E-state index contributed by atoms with van der Waals surface area (Å²) in [7, 11) is 0. The van der Waals surface area contributed by atoms with Gasteiger partial charge in [-0.1, -0.05) is 12.1 Å². The van der Waals surface area contributed by atoms with E-state index in [1.807, 2.05) is 42.6 Å². The zero-order valence-corrected chi connectivity index (χ0v) is 11.9. The molecule has 1 aromatic carbocycles. The third kappa shape index (κ3) is 3.01. The molecule has 4 heteroatoms. The van der Waals surface area contributed by atoms with Gasteiger partial charge in [-0.05, 0) is 47.1 Å². The molecule has 0 saturated heterocycles. The van der Waals surface area contributed by atoms with Crippen LogP contribution >= 0.6 is 15.9 Å². The maximum absolute atomic E-state index is 6.01. The van der Waals surface area contributed by atoms with E-state index in [4.69, 9.17) is 5.73 Å². The Labute approximate surface area is 116 Å². The average Bonchev–Trinajstić information content (AvgIpc) is 2.39. The first-order chi connectivity index (χ1) is 8.70. The number of hydrogen-bond acceptors (Lipinski definition) is 3. The van der Waals surface area contributed by atoms with Gasteiger partial charge in [-0.3, -0.25) is 4.98 Å². The van der Waals surface area contributed by atoms with Gasteiger partial charge in [0.1, 0.15) is 0 Å². The number of nitrogens with two attached hydrogens (primary N) is 1. The fourth-order valence-electron chi connectivity index (χ4n) is 1.84. The number of aromatic nitrogens is 1. The lowest BCUT2D eigenvalue weighted by atomic mass is 10.2. The predicted molar refractivity (Wildman–Crippen MR) is 79.5 cm³/mol. The number of nitrogens with zero attached hydrogens (tertiary/aromatic N) is 2. The highest BCUT2D eigenvalue weighted by atomic mass is 79.9. The highest BCUT2D eigenvalue weighted by Gasteiger charge is 2.08. The molecule has 0 fully saturated rings. The number of anilines is 2. The normalized spacial score (nSPS) is 10.3. The molecule has 0 unspecified atom stereocenters. The predicted octanol–water partition coefficient (Wildman–Crippen LogP) is 3.45. The number of nitrogen functional groups attached to an aromatic ring is 1. The number of hydrogen-bond donors (Lipinski definition) is 1. The molecule has 1 heterocycles. The average molecular weight is 306 g/mol. The molecule has 3 nitrogen and oxygen atoms in total. The van der Waals surface area contributed by atoms with Gasteiger partial charge in [-0.15, -0.1) is 0 Å². The topological polar surface area (TPSA) is 42.2 Å². The van der Waals surface area contributed by atoms with Crippen LogP contribution in [0.1, 0.15) is 12.6 Å². The van der Waals surface area contributed by atoms with Crippen LogP contribution in [0.2, 0.25) is 0 Å². The molecule has 0 amide bonds. The number of halogens is 1. The minimum absolute atomic E-state index is 0.762. The third-order valence-corrected chi connectivity index (χ3v) is 3.27. The Morgan fingerprint density at radius 1 is 1.22 bits per heavy atom. The minimum atomic E-state index is 0.762. The first kappa shape index (κ1) is 12.9.